The molecule has 1 aliphatic heterocycles. The minimum absolute atomic E-state index is 0. The third-order valence-electron chi connectivity index (χ3n) is 1.28. The van der Waals surface area contributed by atoms with Gasteiger partial charge in [-0.1, -0.05) is 0 Å². The maximum atomic E-state index is 4.19. The van der Waals surface area contributed by atoms with Crippen LogP contribution in [-0.2, 0) is 18.6 Å². The fourth-order valence-electron chi connectivity index (χ4n) is 0.706. The van der Waals surface area contributed by atoms with E-state index in [1.165, 1.54) is 0 Å². The molecule has 1 heterocycles. The summed E-state index contributed by atoms with van der Waals surface area (Å²) in [6.07, 6.45) is 0. The van der Waals surface area contributed by atoms with Crippen LogP contribution in [0.15, 0.2) is 0 Å². The molecule has 1 radical (unpaired) electrons. The van der Waals surface area contributed by atoms with Crippen LogP contribution < -0.4 is 0 Å². The monoisotopic (exact) mass is 150 g/mol. The minimum Gasteiger partial charge on any atom is -0.660 e. The van der Waals surface area contributed by atoms with Gasteiger partial charge in [-0.25, -0.2) is 0 Å². The van der Waals surface area contributed by atoms with E-state index >= 15 is 0 Å². The van der Waals surface area contributed by atoms with Gasteiger partial charge in [0.25, 0.3) is 0 Å². The number of rotatable bonds is 0. The van der Waals surface area contributed by atoms with Crippen LogP contribution in [0.5, 0.6) is 0 Å². The van der Waals surface area contributed by atoms with Crippen LogP contribution in [0.4, 0.5) is 0 Å². The molecule has 1 rings (SSSR count). The van der Waals surface area contributed by atoms with Gasteiger partial charge in [0.1, 0.15) is 0 Å². The van der Waals surface area contributed by atoms with Crippen molar-refractivity contribution in [1.29, 1.82) is 0 Å². The summed E-state index contributed by atoms with van der Waals surface area (Å²) in [6, 6.07) is 0. The number of hydrogen-bond donors (Lipinski definition) is 0. The molecule has 0 unspecified atom stereocenters. The van der Waals surface area contributed by atoms with Crippen LogP contribution in [-0.4, -0.2) is 38.1 Å². The summed E-state index contributed by atoms with van der Waals surface area (Å²) in [5, 5.41) is 4.19. The van der Waals surface area contributed by atoms with E-state index in [9.17, 15) is 0 Å². The standard InChI is InChI=1S/C5H11N2.V/c1-7-4-2-6-3-5-7;/h2-5H2,1H3;/q-1;. The first kappa shape index (κ1) is 8.50. The van der Waals surface area contributed by atoms with Crippen molar-refractivity contribution in [3.05, 3.63) is 5.32 Å². The normalized spacial score (nSPS) is 22.1. The van der Waals surface area contributed by atoms with Gasteiger partial charge in [-0.15, -0.1) is 13.1 Å². The largest absolute Gasteiger partial charge is 0.660 e. The van der Waals surface area contributed by atoms with Gasteiger partial charge >= 0.3 is 0 Å². The molecule has 1 saturated heterocycles. The van der Waals surface area contributed by atoms with Crippen molar-refractivity contribution in [1.82, 2.24) is 4.90 Å². The summed E-state index contributed by atoms with van der Waals surface area (Å²) in [7, 11) is 2.13. The van der Waals surface area contributed by atoms with Crippen LogP contribution in [0.1, 0.15) is 0 Å². The fraction of sp³-hybridized carbons (Fsp3) is 1.00. The molecular weight excluding hydrogens is 139 g/mol. The Morgan fingerprint density at radius 2 is 1.75 bits per heavy atom. The van der Waals surface area contributed by atoms with Gasteiger partial charge in [-0.3, -0.25) is 0 Å². The number of piperazine rings is 1. The first-order chi connectivity index (χ1) is 3.39. The first-order valence-electron chi connectivity index (χ1n) is 2.71. The van der Waals surface area contributed by atoms with E-state index < -0.39 is 0 Å². The van der Waals surface area contributed by atoms with Crippen LogP contribution >= 0.6 is 0 Å². The maximum Gasteiger partial charge on any atom is 0 e. The van der Waals surface area contributed by atoms with Gasteiger partial charge in [-0.2, -0.15) is 0 Å². The molecule has 0 spiro atoms. The second kappa shape index (κ2) is 4.39. The van der Waals surface area contributed by atoms with Crippen molar-refractivity contribution in [2.45, 2.75) is 0 Å². The van der Waals surface area contributed by atoms with Crippen LogP contribution in [0.25, 0.3) is 5.32 Å². The smallest absolute Gasteiger partial charge is 0 e. The maximum absolute atomic E-state index is 4.19. The Morgan fingerprint density at radius 3 is 2.00 bits per heavy atom. The van der Waals surface area contributed by atoms with Crippen LogP contribution in [0.3, 0.4) is 0 Å². The third-order valence-corrected chi connectivity index (χ3v) is 1.28. The Bertz CT molecular complexity index is 52.4. The summed E-state index contributed by atoms with van der Waals surface area (Å²) < 4.78 is 0. The average Bonchev–Trinajstić information content (AvgIpc) is 1.69. The molecule has 1 fully saturated rings. The number of nitrogens with zero attached hydrogens (tertiary/aromatic N) is 2. The molecule has 0 aromatic rings. The molecule has 0 aromatic heterocycles. The fourth-order valence-corrected chi connectivity index (χ4v) is 0.706. The zero-order chi connectivity index (χ0) is 5.11. The Kier molecular flexibility index (Phi) is 4.67. The molecule has 3 heteroatoms. The molecule has 0 amide bonds. The van der Waals surface area contributed by atoms with Gasteiger partial charge in [-0.05, 0) is 20.1 Å². The third kappa shape index (κ3) is 2.72. The Hall–Kier alpha value is 0.504. The Balaban J connectivity index is 0.000000490. The van der Waals surface area contributed by atoms with Gasteiger partial charge in [0, 0.05) is 18.6 Å². The van der Waals surface area contributed by atoms with E-state index in [-0.39, 0.29) is 18.6 Å². The second-order valence-electron chi connectivity index (χ2n) is 1.97. The van der Waals surface area contributed by atoms with Crippen LogP contribution in [0.2, 0.25) is 0 Å². The van der Waals surface area contributed by atoms with E-state index in [4.69, 9.17) is 0 Å². The topological polar surface area (TPSA) is 17.3 Å². The summed E-state index contributed by atoms with van der Waals surface area (Å²) in [4.78, 5) is 2.30. The molecule has 1 aliphatic rings. The Morgan fingerprint density at radius 1 is 1.25 bits per heavy atom. The van der Waals surface area contributed by atoms with E-state index in [2.05, 4.69) is 17.3 Å². The van der Waals surface area contributed by atoms with E-state index in [1.807, 2.05) is 0 Å². The van der Waals surface area contributed by atoms with Gasteiger partial charge < -0.3 is 10.2 Å². The molecule has 0 saturated carbocycles. The minimum atomic E-state index is 0. The van der Waals surface area contributed by atoms with E-state index in [0.29, 0.717) is 0 Å². The first-order valence-corrected chi connectivity index (χ1v) is 2.71. The summed E-state index contributed by atoms with van der Waals surface area (Å²) in [5.41, 5.74) is 0. The van der Waals surface area contributed by atoms with Crippen molar-refractivity contribution in [3.63, 3.8) is 0 Å². The molecule has 0 bridgehead atoms. The van der Waals surface area contributed by atoms with Gasteiger partial charge in [0.15, 0.2) is 0 Å². The van der Waals surface area contributed by atoms with Crippen molar-refractivity contribution >= 4 is 0 Å². The molecule has 0 aromatic carbocycles. The molecule has 0 N–H and O–H groups in total. The summed E-state index contributed by atoms with van der Waals surface area (Å²) in [5.74, 6) is 0. The SMILES string of the molecule is CN1CC[N-]CC1.[V]. The van der Waals surface area contributed by atoms with E-state index in [0.717, 1.165) is 26.2 Å². The molecular formula is C5H11N2V-. The Labute approximate surface area is 62.5 Å². The second-order valence-corrected chi connectivity index (χ2v) is 1.97. The zero-order valence-corrected chi connectivity index (χ0v) is 6.57. The predicted octanol–water partition coefficient (Wildman–Crippen LogP) is 0.303. The molecule has 2 nitrogen and oxygen atoms in total. The number of likely N-dealkylation sites (N-methyl/N-ethyl adjacent to an activating group) is 1. The molecule has 8 heavy (non-hydrogen) atoms. The van der Waals surface area contributed by atoms with Crippen molar-refractivity contribution in [2.24, 2.45) is 0 Å². The van der Waals surface area contributed by atoms with E-state index in [1.54, 1.807) is 0 Å². The average molecular weight is 150 g/mol. The molecule has 0 aliphatic carbocycles. The summed E-state index contributed by atoms with van der Waals surface area (Å²) >= 11 is 0. The molecule has 0 atom stereocenters. The molecule has 47 valence electrons. The quantitative estimate of drug-likeness (QED) is 0.485. The number of hydrogen-bond acceptors (Lipinski definition) is 1. The summed E-state index contributed by atoms with van der Waals surface area (Å²) in [6.45, 7) is 4.38. The van der Waals surface area contributed by atoms with Crippen molar-refractivity contribution in [3.8, 4) is 0 Å². The van der Waals surface area contributed by atoms with Gasteiger partial charge in [0.2, 0.25) is 0 Å². The van der Waals surface area contributed by atoms with Crippen molar-refractivity contribution < 1.29 is 18.6 Å². The zero-order valence-electron chi connectivity index (χ0n) is 5.17. The van der Waals surface area contributed by atoms with Gasteiger partial charge in [0.05, 0.1) is 0 Å². The van der Waals surface area contributed by atoms with Crippen LogP contribution in [0, 0.1) is 0 Å². The van der Waals surface area contributed by atoms with Crippen molar-refractivity contribution in [2.75, 3.05) is 33.2 Å². The predicted molar refractivity (Wildman–Crippen MR) is 30.6 cm³/mol.